The first-order chi connectivity index (χ1) is 5.35. The third kappa shape index (κ3) is 1.73. The van der Waals surface area contributed by atoms with Crippen LogP contribution in [0.4, 0.5) is 0 Å². The molecule has 1 atom stereocenters. The Kier molecular flexibility index (Phi) is 2.15. The molecule has 1 saturated carbocycles. The fourth-order valence-corrected chi connectivity index (χ4v) is 3.29. The molecule has 1 aliphatic carbocycles. The Morgan fingerprint density at radius 2 is 2.36 bits per heavy atom. The van der Waals surface area contributed by atoms with E-state index in [2.05, 4.69) is 24.1 Å². The van der Waals surface area contributed by atoms with Gasteiger partial charge in [-0.25, -0.2) is 0 Å². The van der Waals surface area contributed by atoms with Crippen LogP contribution in [0.5, 0.6) is 0 Å². The van der Waals surface area contributed by atoms with Crippen LogP contribution in [0, 0.1) is 5.92 Å². The van der Waals surface area contributed by atoms with Crippen molar-refractivity contribution in [2.75, 3.05) is 18.6 Å². The monoisotopic (exact) mass is 171 g/mol. The molecule has 64 valence electrons. The number of nitrogens with one attached hydrogen (secondary N) is 1. The Morgan fingerprint density at radius 1 is 1.55 bits per heavy atom. The molecular weight excluding hydrogens is 154 g/mol. The van der Waals surface area contributed by atoms with Crippen molar-refractivity contribution in [3.8, 4) is 0 Å². The molecule has 2 rings (SSSR count). The van der Waals surface area contributed by atoms with E-state index in [4.69, 9.17) is 0 Å². The van der Waals surface area contributed by atoms with E-state index in [0.29, 0.717) is 5.54 Å². The van der Waals surface area contributed by atoms with Gasteiger partial charge in [-0.3, -0.25) is 0 Å². The molecule has 0 bridgehead atoms. The maximum Gasteiger partial charge on any atom is 0.0182 e. The summed E-state index contributed by atoms with van der Waals surface area (Å²) in [5.74, 6) is 3.85. The van der Waals surface area contributed by atoms with Crippen molar-refractivity contribution in [1.82, 2.24) is 5.32 Å². The molecule has 1 N–H and O–H groups in total. The van der Waals surface area contributed by atoms with Crippen LogP contribution in [-0.2, 0) is 0 Å². The Hall–Kier alpha value is 0.310. The quantitative estimate of drug-likeness (QED) is 0.696. The minimum absolute atomic E-state index is 0.593. The zero-order valence-electron chi connectivity index (χ0n) is 7.23. The second kappa shape index (κ2) is 2.98. The molecule has 2 aliphatic rings. The second-order valence-corrected chi connectivity index (χ2v) is 5.11. The van der Waals surface area contributed by atoms with Crippen molar-refractivity contribution >= 4 is 11.8 Å². The van der Waals surface area contributed by atoms with Crippen molar-refractivity contribution < 1.29 is 0 Å². The highest BCUT2D eigenvalue weighted by atomic mass is 32.2. The standard InChI is InChI=1S/C9H17NS/c1-10-9(3-4-9)6-8-2-5-11-7-8/h8,10H,2-7H2,1H3. The van der Waals surface area contributed by atoms with E-state index < -0.39 is 0 Å². The lowest BCUT2D eigenvalue weighted by Crippen LogP contribution is -2.29. The van der Waals surface area contributed by atoms with Gasteiger partial charge in [0.25, 0.3) is 0 Å². The molecule has 0 spiro atoms. The molecule has 0 amide bonds. The fourth-order valence-electron chi connectivity index (χ4n) is 2.00. The van der Waals surface area contributed by atoms with Gasteiger partial charge in [0, 0.05) is 5.54 Å². The molecule has 11 heavy (non-hydrogen) atoms. The molecule has 0 aromatic rings. The number of hydrogen-bond donors (Lipinski definition) is 1. The molecule has 0 radical (unpaired) electrons. The largest absolute Gasteiger partial charge is 0.314 e. The van der Waals surface area contributed by atoms with Gasteiger partial charge in [0.05, 0.1) is 0 Å². The summed E-state index contributed by atoms with van der Waals surface area (Å²) in [6.07, 6.45) is 5.75. The van der Waals surface area contributed by atoms with Crippen molar-refractivity contribution in [3.63, 3.8) is 0 Å². The lowest BCUT2D eigenvalue weighted by molar-refractivity contribution is 0.412. The smallest absolute Gasteiger partial charge is 0.0182 e. The van der Waals surface area contributed by atoms with Crippen LogP contribution in [0.25, 0.3) is 0 Å². The predicted octanol–water partition coefficient (Wildman–Crippen LogP) is 1.88. The van der Waals surface area contributed by atoms with Crippen LogP contribution in [0.2, 0.25) is 0 Å². The summed E-state index contributed by atoms with van der Waals surface area (Å²) in [6.45, 7) is 0. The summed E-state index contributed by atoms with van der Waals surface area (Å²) < 4.78 is 0. The average molecular weight is 171 g/mol. The normalized spacial score (nSPS) is 34.1. The molecule has 1 unspecified atom stereocenters. The number of rotatable bonds is 3. The van der Waals surface area contributed by atoms with E-state index in [1.807, 2.05) is 0 Å². The van der Waals surface area contributed by atoms with Gasteiger partial charge in [0.15, 0.2) is 0 Å². The lowest BCUT2D eigenvalue weighted by atomic mass is 9.98. The minimum Gasteiger partial charge on any atom is -0.314 e. The topological polar surface area (TPSA) is 12.0 Å². The Balaban J connectivity index is 1.80. The second-order valence-electron chi connectivity index (χ2n) is 3.96. The van der Waals surface area contributed by atoms with Gasteiger partial charge in [0.1, 0.15) is 0 Å². The highest BCUT2D eigenvalue weighted by Crippen LogP contribution is 2.43. The van der Waals surface area contributed by atoms with Crippen LogP contribution >= 0.6 is 11.8 Å². The number of hydrogen-bond acceptors (Lipinski definition) is 2. The third-order valence-electron chi connectivity index (χ3n) is 3.09. The minimum atomic E-state index is 0.593. The van der Waals surface area contributed by atoms with Crippen molar-refractivity contribution in [1.29, 1.82) is 0 Å². The summed E-state index contributed by atoms with van der Waals surface area (Å²) in [6, 6.07) is 0. The Bertz CT molecular complexity index is 136. The molecule has 0 aromatic heterocycles. The fraction of sp³-hybridized carbons (Fsp3) is 1.00. The van der Waals surface area contributed by atoms with Crippen LogP contribution in [0.15, 0.2) is 0 Å². The van der Waals surface area contributed by atoms with E-state index in [9.17, 15) is 0 Å². The van der Waals surface area contributed by atoms with Gasteiger partial charge < -0.3 is 5.32 Å². The number of thioether (sulfide) groups is 1. The van der Waals surface area contributed by atoms with Gasteiger partial charge in [0.2, 0.25) is 0 Å². The van der Waals surface area contributed by atoms with Crippen molar-refractivity contribution in [2.45, 2.75) is 31.2 Å². The molecule has 1 heterocycles. The van der Waals surface area contributed by atoms with E-state index in [-0.39, 0.29) is 0 Å². The SMILES string of the molecule is CNC1(CC2CCSC2)CC1. The Morgan fingerprint density at radius 3 is 2.82 bits per heavy atom. The summed E-state index contributed by atoms with van der Waals surface area (Å²) >= 11 is 2.13. The third-order valence-corrected chi connectivity index (χ3v) is 4.32. The lowest BCUT2D eigenvalue weighted by Gasteiger charge is -2.17. The zero-order valence-corrected chi connectivity index (χ0v) is 8.04. The first-order valence-electron chi connectivity index (χ1n) is 4.61. The van der Waals surface area contributed by atoms with E-state index in [1.54, 1.807) is 0 Å². The van der Waals surface area contributed by atoms with Crippen LogP contribution < -0.4 is 5.32 Å². The van der Waals surface area contributed by atoms with E-state index in [0.717, 1.165) is 5.92 Å². The molecular formula is C9H17NS. The van der Waals surface area contributed by atoms with Gasteiger partial charge in [-0.05, 0) is 50.2 Å². The first-order valence-corrected chi connectivity index (χ1v) is 5.77. The molecule has 1 saturated heterocycles. The highest BCUT2D eigenvalue weighted by molar-refractivity contribution is 7.99. The first kappa shape index (κ1) is 7.93. The van der Waals surface area contributed by atoms with E-state index >= 15 is 0 Å². The van der Waals surface area contributed by atoms with Crippen LogP contribution in [-0.4, -0.2) is 24.1 Å². The van der Waals surface area contributed by atoms with Gasteiger partial charge in [-0.15, -0.1) is 0 Å². The maximum absolute atomic E-state index is 3.47. The Labute approximate surface area is 73.3 Å². The summed E-state index contributed by atoms with van der Waals surface area (Å²) in [4.78, 5) is 0. The molecule has 2 heteroatoms. The van der Waals surface area contributed by atoms with Gasteiger partial charge in [-0.2, -0.15) is 11.8 Å². The molecule has 2 fully saturated rings. The van der Waals surface area contributed by atoms with Gasteiger partial charge in [-0.1, -0.05) is 0 Å². The maximum atomic E-state index is 3.47. The average Bonchev–Trinajstić information content (AvgIpc) is 2.59. The van der Waals surface area contributed by atoms with Crippen LogP contribution in [0.1, 0.15) is 25.7 Å². The summed E-state index contributed by atoms with van der Waals surface area (Å²) in [5, 5.41) is 3.47. The van der Waals surface area contributed by atoms with Gasteiger partial charge >= 0.3 is 0 Å². The highest BCUT2D eigenvalue weighted by Gasteiger charge is 2.42. The zero-order chi connectivity index (χ0) is 7.73. The van der Waals surface area contributed by atoms with E-state index in [1.165, 1.54) is 37.2 Å². The molecule has 1 aliphatic heterocycles. The van der Waals surface area contributed by atoms with Crippen molar-refractivity contribution in [2.24, 2.45) is 5.92 Å². The molecule has 0 aromatic carbocycles. The summed E-state index contributed by atoms with van der Waals surface area (Å²) in [5.41, 5.74) is 0.593. The molecule has 1 nitrogen and oxygen atoms in total. The predicted molar refractivity (Wildman–Crippen MR) is 51.1 cm³/mol. The van der Waals surface area contributed by atoms with Crippen LogP contribution in [0.3, 0.4) is 0 Å². The van der Waals surface area contributed by atoms with Crippen molar-refractivity contribution in [3.05, 3.63) is 0 Å². The summed E-state index contributed by atoms with van der Waals surface area (Å²) in [7, 11) is 2.12.